The SMILES string of the molecule is CCCNc1ccc(C)cc1C(=O)NC1(C)CCCCC1. The Morgan fingerprint density at radius 3 is 2.62 bits per heavy atom. The number of carbonyl (C=O) groups is 1. The molecule has 3 heteroatoms. The van der Waals surface area contributed by atoms with Crippen LogP contribution in [0.2, 0.25) is 0 Å². The lowest BCUT2D eigenvalue weighted by Crippen LogP contribution is -2.47. The van der Waals surface area contributed by atoms with Crippen molar-refractivity contribution in [3.8, 4) is 0 Å². The predicted molar refractivity (Wildman–Crippen MR) is 88.9 cm³/mol. The van der Waals surface area contributed by atoms with Gasteiger partial charge >= 0.3 is 0 Å². The summed E-state index contributed by atoms with van der Waals surface area (Å²) in [7, 11) is 0. The van der Waals surface area contributed by atoms with Gasteiger partial charge in [-0.05, 0) is 45.2 Å². The van der Waals surface area contributed by atoms with Gasteiger partial charge in [0.05, 0.1) is 5.56 Å². The van der Waals surface area contributed by atoms with Crippen molar-refractivity contribution in [3.05, 3.63) is 29.3 Å². The maximum absolute atomic E-state index is 12.7. The first-order chi connectivity index (χ1) is 10.0. The highest BCUT2D eigenvalue weighted by Gasteiger charge is 2.29. The molecule has 116 valence electrons. The van der Waals surface area contributed by atoms with Crippen LogP contribution >= 0.6 is 0 Å². The van der Waals surface area contributed by atoms with E-state index in [1.165, 1.54) is 19.3 Å². The zero-order chi connectivity index (χ0) is 15.3. The zero-order valence-electron chi connectivity index (χ0n) is 13.6. The average Bonchev–Trinajstić information content (AvgIpc) is 2.46. The summed E-state index contributed by atoms with van der Waals surface area (Å²) in [5, 5.41) is 6.64. The summed E-state index contributed by atoms with van der Waals surface area (Å²) in [6.07, 6.45) is 6.94. The Labute approximate surface area is 128 Å². The molecule has 1 fully saturated rings. The van der Waals surface area contributed by atoms with E-state index in [9.17, 15) is 4.79 Å². The third-order valence-corrected chi connectivity index (χ3v) is 4.36. The highest BCUT2D eigenvalue weighted by Crippen LogP contribution is 2.28. The molecule has 2 N–H and O–H groups in total. The van der Waals surface area contributed by atoms with E-state index < -0.39 is 0 Å². The third kappa shape index (κ3) is 4.23. The molecule has 0 radical (unpaired) electrons. The predicted octanol–water partition coefficient (Wildman–Crippen LogP) is 4.27. The highest BCUT2D eigenvalue weighted by atomic mass is 16.1. The minimum absolute atomic E-state index is 0.0406. The first kappa shape index (κ1) is 15.9. The van der Waals surface area contributed by atoms with Crippen molar-refractivity contribution in [2.24, 2.45) is 0 Å². The molecular formula is C18H28N2O. The Kier molecular flexibility index (Phi) is 5.27. The Morgan fingerprint density at radius 1 is 1.24 bits per heavy atom. The quantitative estimate of drug-likeness (QED) is 0.849. The van der Waals surface area contributed by atoms with Gasteiger partial charge < -0.3 is 10.6 Å². The standard InChI is InChI=1S/C18H28N2O/c1-4-12-19-16-9-8-14(2)13-15(16)17(21)20-18(3)10-6-5-7-11-18/h8-9,13,19H,4-7,10-12H2,1-3H3,(H,20,21). The molecule has 0 aliphatic heterocycles. The molecule has 0 saturated heterocycles. The first-order valence-electron chi connectivity index (χ1n) is 8.21. The van der Waals surface area contributed by atoms with Crippen LogP contribution in [0.15, 0.2) is 18.2 Å². The summed E-state index contributed by atoms with van der Waals surface area (Å²) >= 11 is 0. The highest BCUT2D eigenvalue weighted by molar-refractivity contribution is 6.00. The lowest BCUT2D eigenvalue weighted by Gasteiger charge is -2.34. The van der Waals surface area contributed by atoms with E-state index in [2.05, 4.69) is 30.5 Å². The van der Waals surface area contributed by atoms with Crippen LogP contribution in [0.3, 0.4) is 0 Å². The number of benzene rings is 1. The number of carbonyl (C=O) groups excluding carboxylic acids is 1. The van der Waals surface area contributed by atoms with Crippen LogP contribution in [0.1, 0.15) is 68.3 Å². The normalized spacial score (nSPS) is 17.3. The van der Waals surface area contributed by atoms with Crippen LogP contribution < -0.4 is 10.6 Å². The second kappa shape index (κ2) is 6.97. The number of nitrogens with one attached hydrogen (secondary N) is 2. The van der Waals surface area contributed by atoms with E-state index in [-0.39, 0.29) is 11.4 Å². The van der Waals surface area contributed by atoms with Gasteiger partial charge in [0.1, 0.15) is 0 Å². The Morgan fingerprint density at radius 2 is 1.95 bits per heavy atom. The van der Waals surface area contributed by atoms with Gasteiger partial charge in [-0.3, -0.25) is 4.79 Å². The topological polar surface area (TPSA) is 41.1 Å². The summed E-state index contributed by atoms with van der Waals surface area (Å²) in [5.41, 5.74) is 2.80. The summed E-state index contributed by atoms with van der Waals surface area (Å²) in [4.78, 5) is 12.7. The molecule has 1 aromatic carbocycles. The van der Waals surface area contributed by atoms with Crippen molar-refractivity contribution >= 4 is 11.6 Å². The molecule has 0 bridgehead atoms. The molecule has 0 spiro atoms. The van der Waals surface area contributed by atoms with Crippen molar-refractivity contribution in [1.29, 1.82) is 0 Å². The van der Waals surface area contributed by atoms with E-state index >= 15 is 0 Å². The van der Waals surface area contributed by atoms with Crippen LogP contribution in [0, 0.1) is 6.92 Å². The van der Waals surface area contributed by atoms with Gasteiger partial charge in [0.2, 0.25) is 0 Å². The van der Waals surface area contributed by atoms with Gasteiger partial charge in [-0.15, -0.1) is 0 Å². The second-order valence-electron chi connectivity index (χ2n) is 6.55. The maximum Gasteiger partial charge on any atom is 0.253 e. The number of hydrogen-bond acceptors (Lipinski definition) is 2. The Bertz CT molecular complexity index is 490. The molecule has 2 rings (SSSR count). The van der Waals surface area contributed by atoms with E-state index in [1.54, 1.807) is 0 Å². The minimum Gasteiger partial charge on any atom is -0.384 e. The van der Waals surface area contributed by atoms with Crippen LogP contribution in [-0.2, 0) is 0 Å². The Hall–Kier alpha value is -1.51. The van der Waals surface area contributed by atoms with Gasteiger partial charge in [-0.1, -0.05) is 37.8 Å². The van der Waals surface area contributed by atoms with Crippen LogP contribution in [0.25, 0.3) is 0 Å². The third-order valence-electron chi connectivity index (χ3n) is 4.36. The molecule has 0 heterocycles. The van der Waals surface area contributed by atoms with Gasteiger partial charge in [0.25, 0.3) is 5.91 Å². The molecule has 0 aromatic heterocycles. The van der Waals surface area contributed by atoms with Crippen molar-refractivity contribution in [3.63, 3.8) is 0 Å². The largest absolute Gasteiger partial charge is 0.384 e. The van der Waals surface area contributed by atoms with Crippen LogP contribution in [0.5, 0.6) is 0 Å². The van der Waals surface area contributed by atoms with Gasteiger partial charge in [0.15, 0.2) is 0 Å². The van der Waals surface area contributed by atoms with E-state index in [0.29, 0.717) is 0 Å². The van der Waals surface area contributed by atoms with Gasteiger partial charge in [-0.2, -0.15) is 0 Å². The molecule has 0 unspecified atom stereocenters. The molecule has 1 aromatic rings. The Balaban J connectivity index is 2.15. The molecule has 3 nitrogen and oxygen atoms in total. The number of amides is 1. The minimum atomic E-state index is -0.0406. The molecule has 1 aliphatic rings. The van der Waals surface area contributed by atoms with Crippen LogP contribution in [-0.4, -0.2) is 18.0 Å². The summed E-state index contributed by atoms with van der Waals surface area (Å²) < 4.78 is 0. The monoisotopic (exact) mass is 288 g/mol. The molecule has 0 atom stereocenters. The molecule has 1 aliphatic carbocycles. The molecule has 1 amide bonds. The second-order valence-corrected chi connectivity index (χ2v) is 6.55. The maximum atomic E-state index is 12.7. The number of anilines is 1. The lowest BCUT2D eigenvalue weighted by atomic mass is 9.83. The van der Waals surface area contributed by atoms with E-state index in [4.69, 9.17) is 0 Å². The van der Waals surface area contributed by atoms with Crippen molar-refractivity contribution < 1.29 is 4.79 Å². The van der Waals surface area contributed by atoms with Gasteiger partial charge in [-0.25, -0.2) is 0 Å². The first-order valence-corrected chi connectivity index (χ1v) is 8.21. The average molecular weight is 288 g/mol. The van der Waals surface area contributed by atoms with Crippen molar-refractivity contribution in [1.82, 2.24) is 5.32 Å². The summed E-state index contributed by atoms with van der Waals surface area (Å²) in [6, 6.07) is 6.06. The number of rotatable bonds is 5. The molecular weight excluding hydrogens is 260 g/mol. The zero-order valence-corrected chi connectivity index (χ0v) is 13.6. The van der Waals surface area contributed by atoms with Gasteiger partial charge in [0, 0.05) is 17.8 Å². The van der Waals surface area contributed by atoms with E-state index in [0.717, 1.165) is 42.6 Å². The molecule has 21 heavy (non-hydrogen) atoms. The molecule has 1 saturated carbocycles. The number of aryl methyl sites for hydroxylation is 1. The smallest absolute Gasteiger partial charge is 0.253 e. The fraction of sp³-hybridized carbons (Fsp3) is 0.611. The van der Waals surface area contributed by atoms with Crippen LogP contribution in [0.4, 0.5) is 5.69 Å². The fourth-order valence-corrected chi connectivity index (χ4v) is 3.06. The van der Waals surface area contributed by atoms with Crippen molar-refractivity contribution in [2.45, 2.75) is 64.8 Å². The van der Waals surface area contributed by atoms with E-state index in [1.807, 2.05) is 19.1 Å². The number of hydrogen-bond donors (Lipinski definition) is 2. The van der Waals surface area contributed by atoms with Crippen molar-refractivity contribution in [2.75, 3.05) is 11.9 Å². The summed E-state index contributed by atoms with van der Waals surface area (Å²) in [5.74, 6) is 0.0571. The summed E-state index contributed by atoms with van der Waals surface area (Å²) in [6.45, 7) is 7.23. The fourth-order valence-electron chi connectivity index (χ4n) is 3.06. The lowest BCUT2D eigenvalue weighted by molar-refractivity contribution is 0.0883.